The van der Waals surface area contributed by atoms with Crippen molar-refractivity contribution in [2.24, 2.45) is 0 Å². The van der Waals surface area contributed by atoms with E-state index in [0.717, 1.165) is 32.8 Å². The minimum Gasteiger partial charge on any atom is -0.308 e. The van der Waals surface area contributed by atoms with Gasteiger partial charge in [0.1, 0.15) is 12.1 Å². The Balaban J connectivity index is 1.21. The molecular weight excluding hydrogens is 657 g/mol. The van der Waals surface area contributed by atoms with Crippen molar-refractivity contribution in [3.8, 4) is 45.8 Å². The molecule has 0 amide bonds. The van der Waals surface area contributed by atoms with Crippen LogP contribution in [0.1, 0.15) is 61.1 Å². The van der Waals surface area contributed by atoms with Crippen molar-refractivity contribution < 1.29 is 0 Å². The zero-order valence-corrected chi connectivity index (χ0v) is 30.5. The molecule has 2 heterocycles. The lowest BCUT2D eigenvalue weighted by Crippen LogP contribution is -2.14. The van der Waals surface area contributed by atoms with Crippen LogP contribution in [0.4, 0.5) is 0 Å². The Hall–Kier alpha value is -6.88. The lowest BCUT2D eigenvalue weighted by Gasteiger charge is -2.21. The summed E-state index contributed by atoms with van der Waals surface area (Å²) in [5, 5.41) is 26.5. The number of hydrogen-bond acceptors (Lipinski definition) is 2. The predicted molar refractivity (Wildman–Crippen MR) is 220 cm³/mol. The number of benzene rings is 7. The molecule has 0 spiro atoms. The van der Waals surface area contributed by atoms with Crippen LogP contribution in [0, 0.1) is 22.7 Å². The maximum Gasteiger partial charge on any atom is 0.101 e. The molecule has 0 saturated heterocycles. The van der Waals surface area contributed by atoms with E-state index in [1.807, 2.05) is 12.1 Å². The van der Waals surface area contributed by atoms with Crippen LogP contribution >= 0.6 is 0 Å². The quantitative estimate of drug-likeness (QED) is 0.181. The van der Waals surface area contributed by atoms with E-state index >= 15 is 0 Å². The molecule has 0 atom stereocenters. The van der Waals surface area contributed by atoms with Crippen molar-refractivity contribution in [2.45, 2.75) is 38.5 Å². The van der Waals surface area contributed by atoms with Gasteiger partial charge in [0.2, 0.25) is 0 Å². The molecule has 0 fully saturated rings. The van der Waals surface area contributed by atoms with Crippen molar-refractivity contribution in [2.75, 3.05) is 0 Å². The zero-order chi connectivity index (χ0) is 36.7. The third-order valence-electron chi connectivity index (χ3n) is 12.6. The summed E-state index contributed by atoms with van der Waals surface area (Å²) < 4.78 is 4.39. The van der Waals surface area contributed by atoms with Gasteiger partial charge in [0.15, 0.2) is 0 Å². The van der Waals surface area contributed by atoms with Gasteiger partial charge in [-0.1, -0.05) is 125 Å². The molecule has 4 heteroatoms. The summed E-state index contributed by atoms with van der Waals surface area (Å²) in [4.78, 5) is 0. The Morgan fingerprint density at radius 1 is 0.426 bits per heavy atom. The highest BCUT2D eigenvalue weighted by Crippen LogP contribution is 2.55. The first kappa shape index (κ1) is 30.7. The van der Waals surface area contributed by atoms with Gasteiger partial charge >= 0.3 is 0 Å². The number of rotatable bonds is 2. The average molecular weight is 691 g/mol. The van der Waals surface area contributed by atoms with Crippen molar-refractivity contribution in [3.05, 3.63) is 167 Å². The van der Waals surface area contributed by atoms with Gasteiger partial charge in [0.05, 0.1) is 44.6 Å². The van der Waals surface area contributed by atoms with Crippen molar-refractivity contribution in [3.63, 3.8) is 0 Å². The van der Waals surface area contributed by atoms with E-state index < -0.39 is 0 Å². The van der Waals surface area contributed by atoms with Crippen LogP contribution in [0.3, 0.4) is 0 Å². The van der Waals surface area contributed by atoms with Gasteiger partial charge < -0.3 is 9.13 Å². The van der Waals surface area contributed by atoms with E-state index in [4.69, 9.17) is 0 Å². The van der Waals surface area contributed by atoms with E-state index in [-0.39, 0.29) is 10.8 Å². The summed E-state index contributed by atoms with van der Waals surface area (Å²) in [6.07, 6.45) is 0. The average Bonchev–Trinajstić information content (AvgIpc) is 3.86. The van der Waals surface area contributed by atoms with Crippen LogP contribution in [-0.2, 0) is 10.8 Å². The molecule has 0 aliphatic heterocycles. The third-order valence-corrected chi connectivity index (χ3v) is 12.6. The van der Waals surface area contributed by atoms with E-state index in [1.165, 1.54) is 55.3 Å². The molecule has 4 nitrogen and oxygen atoms in total. The second kappa shape index (κ2) is 10.4. The van der Waals surface area contributed by atoms with Gasteiger partial charge in [-0.05, 0) is 80.9 Å². The first-order valence-corrected chi connectivity index (χ1v) is 18.6. The molecule has 254 valence electrons. The summed E-state index contributed by atoms with van der Waals surface area (Å²) in [6.45, 7) is 9.21. The molecule has 9 aromatic rings. The Kier molecular flexibility index (Phi) is 5.90. The maximum absolute atomic E-state index is 11.0. The molecule has 0 N–H and O–H groups in total. The van der Waals surface area contributed by atoms with Crippen LogP contribution in [0.25, 0.3) is 77.2 Å². The largest absolute Gasteiger partial charge is 0.308 e. The second-order valence-electron chi connectivity index (χ2n) is 15.9. The fourth-order valence-corrected chi connectivity index (χ4v) is 10.1. The van der Waals surface area contributed by atoms with E-state index in [9.17, 15) is 10.5 Å². The van der Waals surface area contributed by atoms with Gasteiger partial charge in [-0.3, -0.25) is 0 Å². The molecule has 0 radical (unpaired) electrons. The van der Waals surface area contributed by atoms with Crippen molar-refractivity contribution in [1.29, 1.82) is 10.5 Å². The number of aromatic nitrogens is 2. The smallest absolute Gasteiger partial charge is 0.101 e. The molecule has 0 saturated carbocycles. The highest BCUT2D eigenvalue weighted by atomic mass is 15.0. The standard InChI is InChI=1S/C50H34N4/c1-49(2)35-17-9-5-13-31(35)45-37(49)21-23-41-47(45)33-15-7-11-19-39(33)53(41)43-25-30(28-52)44(26-29(43)27-51)54-40-20-12-8-16-34(40)48-42(54)24-22-38-46(48)32-14-6-10-18-36(32)50(38,3)4/h5-26H,1-4H3. The monoisotopic (exact) mass is 690 g/mol. The van der Waals surface area contributed by atoms with Crippen LogP contribution in [0.15, 0.2) is 133 Å². The predicted octanol–water partition coefficient (Wildman–Crippen LogP) is 12.2. The van der Waals surface area contributed by atoms with Gasteiger partial charge in [-0.2, -0.15) is 10.5 Å². The maximum atomic E-state index is 11.0. The summed E-state index contributed by atoms with van der Waals surface area (Å²) in [5.41, 5.74) is 16.4. The minimum atomic E-state index is -0.142. The molecule has 2 aliphatic carbocycles. The Bertz CT molecular complexity index is 3020. The van der Waals surface area contributed by atoms with Crippen molar-refractivity contribution >= 4 is 43.6 Å². The summed E-state index contributed by atoms with van der Waals surface area (Å²) in [6, 6.07) is 52.3. The topological polar surface area (TPSA) is 57.4 Å². The van der Waals surface area contributed by atoms with Gasteiger partial charge in [-0.25, -0.2) is 0 Å². The minimum absolute atomic E-state index is 0.142. The number of hydrogen-bond donors (Lipinski definition) is 0. The van der Waals surface area contributed by atoms with Gasteiger partial charge in [-0.15, -0.1) is 0 Å². The Morgan fingerprint density at radius 2 is 0.815 bits per heavy atom. The molecule has 2 aliphatic rings. The summed E-state index contributed by atoms with van der Waals surface area (Å²) in [5.74, 6) is 0. The lowest BCUT2D eigenvalue weighted by atomic mass is 9.82. The third kappa shape index (κ3) is 3.65. The van der Waals surface area contributed by atoms with Gasteiger partial charge in [0, 0.05) is 32.4 Å². The van der Waals surface area contributed by atoms with E-state index in [0.29, 0.717) is 22.5 Å². The van der Waals surface area contributed by atoms with Crippen molar-refractivity contribution in [1.82, 2.24) is 9.13 Å². The van der Waals surface area contributed by atoms with E-state index in [1.54, 1.807) is 0 Å². The number of nitrogens with zero attached hydrogens (tertiary/aromatic N) is 4. The molecule has 11 rings (SSSR count). The molecule has 7 aromatic carbocycles. The second-order valence-corrected chi connectivity index (χ2v) is 15.9. The van der Waals surface area contributed by atoms with Crippen LogP contribution in [0.2, 0.25) is 0 Å². The fraction of sp³-hybridized carbons (Fsp3) is 0.120. The fourth-order valence-electron chi connectivity index (χ4n) is 10.1. The molecular formula is C50H34N4. The summed E-state index contributed by atoms with van der Waals surface area (Å²) >= 11 is 0. The first-order valence-electron chi connectivity index (χ1n) is 18.6. The van der Waals surface area contributed by atoms with Crippen LogP contribution < -0.4 is 0 Å². The zero-order valence-electron chi connectivity index (χ0n) is 30.5. The molecule has 54 heavy (non-hydrogen) atoms. The summed E-state index contributed by atoms with van der Waals surface area (Å²) in [7, 11) is 0. The highest BCUT2D eigenvalue weighted by Gasteiger charge is 2.39. The SMILES string of the molecule is CC1(C)c2ccccc2-c2c1ccc1c2c2ccccc2n1-c1cc(C#N)c(-n2c3ccccc3c3c4c(ccc32)C(C)(C)c2ccccc2-4)cc1C#N. The molecule has 0 unspecified atom stereocenters. The molecule has 2 aromatic heterocycles. The number of fused-ring (bicyclic) bond motifs is 14. The van der Waals surface area contributed by atoms with Crippen LogP contribution in [0.5, 0.6) is 0 Å². The van der Waals surface area contributed by atoms with Crippen LogP contribution in [-0.4, -0.2) is 9.13 Å². The lowest BCUT2D eigenvalue weighted by molar-refractivity contribution is 0.660. The Labute approximate surface area is 313 Å². The normalized spacial score (nSPS) is 14.6. The van der Waals surface area contributed by atoms with E-state index in [2.05, 4.69) is 170 Å². The number of para-hydroxylation sites is 2. The highest BCUT2D eigenvalue weighted by molar-refractivity contribution is 6.19. The first-order chi connectivity index (χ1) is 26.3. The molecule has 0 bridgehead atoms. The number of nitriles is 2. The van der Waals surface area contributed by atoms with Gasteiger partial charge in [0.25, 0.3) is 0 Å². The Morgan fingerprint density at radius 3 is 1.24 bits per heavy atom.